The van der Waals surface area contributed by atoms with E-state index in [-0.39, 0.29) is 5.91 Å². The van der Waals surface area contributed by atoms with E-state index >= 15 is 0 Å². The van der Waals surface area contributed by atoms with Crippen molar-refractivity contribution in [1.82, 2.24) is 9.88 Å². The SMILES string of the molecule is Cc1ccc(-c2ncc(C(=O)N3CCC(C)CC3)s2)cc1. The summed E-state index contributed by atoms with van der Waals surface area (Å²) in [6, 6.07) is 8.27. The summed E-state index contributed by atoms with van der Waals surface area (Å²) < 4.78 is 0. The topological polar surface area (TPSA) is 33.2 Å². The van der Waals surface area contributed by atoms with E-state index in [9.17, 15) is 4.79 Å². The lowest BCUT2D eigenvalue weighted by atomic mass is 9.99. The quantitative estimate of drug-likeness (QED) is 0.840. The number of amides is 1. The third-order valence-electron chi connectivity index (χ3n) is 4.09. The van der Waals surface area contributed by atoms with Gasteiger partial charge in [0.2, 0.25) is 0 Å². The number of likely N-dealkylation sites (tertiary alicyclic amines) is 1. The molecule has 1 fully saturated rings. The number of aryl methyl sites for hydroxylation is 1. The molecule has 1 saturated heterocycles. The van der Waals surface area contributed by atoms with Crippen molar-refractivity contribution >= 4 is 17.2 Å². The summed E-state index contributed by atoms with van der Waals surface area (Å²) in [4.78, 5) is 19.6. The molecule has 110 valence electrons. The Kier molecular flexibility index (Phi) is 4.06. The van der Waals surface area contributed by atoms with Crippen molar-refractivity contribution in [3.8, 4) is 10.6 Å². The van der Waals surface area contributed by atoms with Crippen molar-refractivity contribution in [2.45, 2.75) is 26.7 Å². The first-order valence-electron chi connectivity index (χ1n) is 7.45. The van der Waals surface area contributed by atoms with Crippen LogP contribution in [0.25, 0.3) is 10.6 Å². The zero-order valence-electron chi connectivity index (χ0n) is 12.5. The number of carbonyl (C=O) groups excluding carboxylic acids is 1. The number of carbonyl (C=O) groups is 1. The molecule has 0 radical (unpaired) electrons. The molecule has 2 aromatic rings. The molecule has 21 heavy (non-hydrogen) atoms. The second kappa shape index (κ2) is 5.98. The molecular formula is C17H20N2OS. The van der Waals surface area contributed by atoms with E-state index in [1.165, 1.54) is 16.9 Å². The Labute approximate surface area is 129 Å². The van der Waals surface area contributed by atoms with Crippen LogP contribution in [0.1, 0.15) is 35.0 Å². The third kappa shape index (κ3) is 3.16. The predicted molar refractivity (Wildman–Crippen MR) is 86.6 cm³/mol. The first kappa shape index (κ1) is 14.3. The van der Waals surface area contributed by atoms with Crippen LogP contribution in [0, 0.1) is 12.8 Å². The van der Waals surface area contributed by atoms with Gasteiger partial charge in [-0.25, -0.2) is 4.98 Å². The average molecular weight is 300 g/mol. The smallest absolute Gasteiger partial charge is 0.265 e. The molecule has 1 amide bonds. The molecule has 0 spiro atoms. The molecule has 0 N–H and O–H groups in total. The molecule has 0 saturated carbocycles. The van der Waals surface area contributed by atoms with Gasteiger partial charge < -0.3 is 4.90 Å². The lowest BCUT2D eigenvalue weighted by Gasteiger charge is -2.29. The van der Waals surface area contributed by atoms with Gasteiger partial charge in [0.25, 0.3) is 5.91 Å². The van der Waals surface area contributed by atoms with Crippen LogP contribution in [-0.2, 0) is 0 Å². The second-order valence-corrected chi connectivity index (χ2v) is 6.90. The van der Waals surface area contributed by atoms with Gasteiger partial charge in [-0.05, 0) is 25.7 Å². The second-order valence-electron chi connectivity index (χ2n) is 5.87. The van der Waals surface area contributed by atoms with Crippen LogP contribution in [0.2, 0.25) is 0 Å². The van der Waals surface area contributed by atoms with Crippen LogP contribution in [0.3, 0.4) is 0 Å². The lowest BCUT2D eigenvalue weighted by Crippen LogP contribution is -2.37. The van der Waals surface area contributed by atoms with Gasteiger partial charge in [-0.2, -0.15) is 0 Å². The van der Waals surface area contributed by atoms with E-state index in [0.717, 1.165) is 47.3 Å². The third-order valence-corrected chi connectivity index (χ3v) is 5.12. The van der Waals surface area contributed by atoms with Crippen LogP contribution in [0.15, 0.2) is 30.5 Å². The molecule has 0 unspecified atom stereocenters. The lowest BCUT2D eigenvalue weighted by molar-refractivity contribution is 0.0702. The van der Waals surface area contributed by atoms with Crippen LogP contribution in [-0.4, -0.2) is 28.9 Å². The molecule has 1 aromatic heterocycles. The summed E-state index contributed by atoms with van der Waals surface area (Å²) in [6.07, 6.45) is 3.94. The molecule has 0 atom stereocenters. The molecule has 4 heteroatoms. The Bertz CT molecular complexity index is 624. The maximum Gasteiger partial charge on any atom is 0.265 e. The van der Waals surface area contributed by atoms with E-state index in [4.69, 9.17) is 0 Å². The highest BCUT2D eigenvalue weighted by Crippen LogP contribution is 2.27. The number of thiazole rings is 1. The van der Waals surface area contributed by atoms with Crippen molar-refractivity contribution < 1.29 is 4.79 Å². The fourth-order valence-electron chi connectivity index (χ4n) is 2.57. The van der Waals surface area contributed by atoms with Gasteiger partial charge in [0.15, 0.2) is 0 Å². The summed E-state index contributed by atoms with van der Waals surface area (Å²) >= 11 is 1.49. The van der Waals surface area contributed by atoms with Crippen molar-refractivity contribution in [2.24, 2.45) is 5.92 Å². The maximum absolute atomic E-state index is 12.5. The normalized spacial score (nSPS) is 16.2. The molecule has 0 bridgehead atoms. The van der Waals surface area contributed by atoms with Crippen LogP contribution in [0.4, 0.5) is 0 Å². The van der Waals surface area contributed by atoms with Gasteiger partial charge in [-0.1, -0.05) is 36.8 Å². The van der Waals surface area contributed by atoms with E-state index in [1.807, 2.05) is 4.90 Å². The van der Waals surface area contributed by atoms with Crippen molar-refractivity contribution in [1.29, 1.82) is 0 Å². The minimum atomic E-state index is 0.137. The Morgan fingerprint density at radius 3 is 2.57 bits per heavy atom. The number of benzene rings is 1. The van der Waals surface area contributed by atoms with E-state index < -0.39 is 0 Å². The molecule has 1 aromatic carbocycles. The molecule has 1 aliphatic rings. The monoisotopic (exact) mass is 300 g/mol. The minimum absolute atomic E-state index is 0.137. The molecule has 1 aliphatic heterocycles. The predicted octanol–water partition coefficient (Wildman–Crippen LogP) is 3.99. The first-order valence-corrected chi connectivity index (χ1v) is 8.27. The molecule has 3 nitrogen and oxygen atoms in total. The van der Waals surface area contributed by atoms with Crippen molar-refractivity contribution in [3.63, 3.8) is 0 Å². The number of rotatable bonds is 2. The first-order chi connectivity index (χ1) is 10.1. The Morgan fingerprint density at radius 1 is 1.24 bits per heavy atom. The van der Waals surface area contributed by atoms with Crippen molar-refractivity contribution in [2.75, 3.05) is 13.1 Å². The standard InChI is InChI=1S/C17H20N2OS/c1-12-3-5-14(6-4-12)16-18-11-15(21-16)17(20)19-9-7-13(2)8-10-19/h3-6,11,13H,7-10H2,1-2H3. The van der Waals surface area contributed by atoms with Crippen LogP contribution < -0.4 is 0 Å². The molecule has 2 heterocycles. The number of hydrogen-bond acceptors (Lipinski definition) is 3. The summed E-state index contributed by atoms with van der Waals surface area (Å²) in [7, 11) is 0. The molecule has 0 aliphatic carbocycles. The maximum atomic E-state index is 12.5. The van der Waals surface area contributed by atoms with Crippen LogP contribution in [0.5, 0.6) is 0 Å². The van der Waals surface area contributed by atoms with Gasteiger partial charge in [0.05, 0.1) is 6.20 Å². The van der Waals surface area contributed by atoms with E-state index in [1.54, 1.807) is 6.20 Å². The largest absolute Gasteiger partial charge is 0.338 e. The van der Waals surface area contributed by atoms with Gasteiger partial charge in [-0.3, -0.25) is 4.79 Å². The highest BCUT2D eigenvalue weighted by molar-refractivity contribution is 7.16. The average Bonchev–Trinajstić information content (AvgIpc) is 2.98. The van der Waals surface area contributed by atoms with E-state index in [0.29, 0.717) is 0 Å². The molecule has 3 rings (SSSR count). The van der Waals surface area contributed by atoms with Gasteiger partial charge in [0.1, 0.15) is 9.88 Å². The number of piperidine rings is 1. The number of nitrogens with zero attached hydrogens (tertiary/aromatic N) is 2. The van der Waals surface area contributed by atoms with E-state index in [2.05, 4.69) is 43.1 Å². The summed E-state index contributed by atoms with van der Waals surface area (Å²) in [5.41, 5.74) is 2.31. The Morgan fingerprint density at radius 2 is 1.90 bits per heavy atom. The summed E-state index contributed by atoms with van der Waals surface area (Å²) in [5.74, 6) is 0.872. The summed E-state index contributed by atoms with van der Waals surface area (Å²) in [5, 5.41) is 0.920. The number of aromatic nitrogens is 1. The summed E-state index contributed by atoms with van der Waals surface area (Å²) in [6.45, 7) is 6.07. The fraction of sp³-hybridized carbons (Fsp3) is 0.412. The minimum Gasteiger partial charge on any atom is -0.338 e. The number of hydrogen-bond donors (Lipinski definition) is 0. The Hall–Kier alpha value is -1.68. The molecular weight excluding hydrogens is 280 g/mol. The zero-order chi connectivity index (χ0) is 14.8. The van der Waals surface area contributed by atoms with Gasteiger partial charge in [0, 0.05) is 18.7 Å². The van der Waals surface area contributed by atoms with Gasteiger partial charge in [-0.15, -0.1) is 11.3 Å². The van der Waals surface area contributed by atoms with Crippen LogP contribution >= 0.6 is 11.3 Å². The zero-order valence-corrected chi connectivity index (χ0v) is 13.3. The van der Waals surface area contributed by atoms with Gasteiger partial charge >= 0.3 is 0 Å². The highest BCUT2D eigenvalue weighted by Gasteiger charge is 2.23. The van der Waals surface area contributed by atoms with Crippen molar-refractivity contribution in [3.05, 3.63) is 40.9 Å². The Balaban J connectivity index is 1.75. The fourth-order valence-corrected chi connectivity index (χ4v) is 3.46. The highest BCUT2D eigenvalue weighted by atomic mass is 32.1.